The van der Waals surface area contributed by atoms with E-state index in [1.54, 1.807) is 13.0 Å². The van der Waals surface area contributed by atoms with Crippen molar-refractivity contribution in [3.8, 4) is 0 Å². The number of fused-ring (bicyclic) bond motifs is 2. The van der Waals surface area contributed by atoms with Gasteiger partial charge >= 0.3 is 0 Å². The van der Waals surface area contributed by atoms with Crippen LogP contribution in [0.15, 0.2) is 10.5 Å². The van der Waals surface area contributed by atoms with E-state index in [1.165, 1.54) is 32.1 Å². The molecule has 2 bridgehead atoms. The number of aryl methyl sites for hydroxylation is 2. The summed E-state index contributed by atoms with van der Waals surface area (Å²) in [5.41, 5.74) is 0.505. The van der Waals surface area contributed by atoms with Crippen molar-refractivity contribution in [1.82, 2.24) is 15.5 Å². The van der Waals surface area contributed by atoms with Crippen molar-refractivity contribution in [3.05, 3.63) is 23.2 Å². The van der Waals surface area contributed by atoms with Crippen LogP contribution in [0.1, 0.15) is 54.0 Å². The Morgan fingerprint density at radius 1 is 1.15 bits per heavy atom. The number of nitrogens with zero attached hydrogens (tertiary/aromatic N) is 1. The molecule has 1 aromatic heterocycles. The highest BCUT2D eigenvalue weighted by molar-refractivity contribution is 5.97. The summed E-state index contributed by atoms with van der Waals surface area (Å²) in [7, 11) is 0. The van der Waals surface area contributed by atoms with Crippen LogP contribution < -0.4 is 10.6 Å². The van der Waals surface area contributed by atoms with Crippen molar-refractivity contribution >= 4 is 11.8 Å². The number of carbonyl (C=O) groups excluding carboxylic acids is 2. The summed E-state index contributed by atoms with van der Waals surface area (Å²) in [5.74, 6) is 2.06. The average molecular weight is 359 g/mol. The maximum atomic E-state index is 12.4. The molecule has 142 valence electrons. The lowest BCUT2D eigenvalue weighted by atomic mass is 9.73. The molecule has 0 spiro atoms. The van der Waals surface area contributed by atoms with Crippen molar-refractivity contribution in [2.45, 2.75) is 58.0 Å². The van der Waals surface area contributed by atoms with Gasteiger partial charge in [0.1, 0.15) is 11.5 Å². The van der Waals surface area contributed by atoms with Crippen LogP contribution >= 0.6 is 0 Å². The fourth-order valence-electron chi connectivity index (χ4n) is 4.80. The standard InChI is InChI=1S/C20H29N3O3/c1-12-8-17(13(2)26-12)20(25)21-9-18(24)22-19-14-4-3-5-15(19)11-23(10-14)16-6-7-16/h8,14-16,19H,3-7,9-11H2,1-2H3,(H,21,25)(H,22,24)/t14-,15-/m0/s1. The Kier molecular flexibility index (Phi) is 4.78. The maximum Gasteiger partial charge on any atom is 0.255 e. The molecule has 2 atom stereocenters. The van der Waals surface area contributed by atoms with E-state index in [0.29, 0.717) is 28.9 Å². The Balaban J connectivity index is 1.30. The van der Waals surface area contributed by atoms with Gasteiger partial charge in [-0.3, -0.25) is 14.5 Å². The van der Waals surface area contributed by atoms with Gasteiger partial charge in [0.15, 0.2) is 0 Å². The minimum absolute atomic E-state index is 0.0186. The van der Waals surface area contributed by atoms with Crippen molar-refractivity contribution in [2.24, 2.45) is 11.8 Å². The quantitative estimate of drug-likeness (QED) is 0.843. The van der Waals surface area contributed by atoms with Crippen LogP contribution in [0, 0.1) is 25.7 Å². The second-order valence-corrected chi connectivity index (χ2v) is 8.24. The third-order valence-electron chi connectivity index (χ3n) is 6.19. The van der Waals surface area contributed by atoms with E-state index in [-0.39, 0.29) is 24.4 Å². The lowest BCUT2D eigenvalue weighted by Crippen LogP contribution is -2.59. The molecule has 6 nitrogen and oxygen atoms in total. The molecular weight excluding hydrogens is 330 g/mol. The first-order chi connectivity index (χ1) is 12.5. The number of rotatable bonds is 5. The Bertz CT molecular complexity index is 680. The molecule has 3 aliphatic rings. The minimum Gasteiger partial charge on any atom is -0.466 e. The van der Waals surface area contributed by atoms with E-state index in [9.17, 15) is 9.59 Å². The maximum absolute atomic E-state index is 12.4. The van der Waals surface area contributed by atoms with E-state index in [0.717, 1.165) is 19.1 Å². The first-order valence-corrected chi connectivity index (χ1v) is 9.90. The predicted molar refractivity (Wildman–Crippen MR) is 97.9 cm³/mol. The number of likely N-dealkylation sites (tertiary alicyclic amines) is 1. The van der Waals surface area contributed by atoms with Crippen molar-refractivity contribution < 1.29 is 14.0 Å². The zero-order valence-corrected chi connectivity index (χ0v) is 15.7. The topological polar surface area (TPSA) is 74.6 Å². The number of furan rings is 1. The highest BCUT2D eigenvalue weighted by Crippen LogP contribution is 2.39. The SMILES string of the molecule is Cc1cc(C(=O)NCC(=O)NC2[C@H]3CCC[C@H]2CN(C2CC2)C3)c(C)o1. The van der Waals surface area contributed by atoms with Crippen LogP contribution in [0.4, 0.5) is 0 Å². The van der Waals surface area contributed by atoms with Crippen LogP contribution in [0.25, 0.3) is 0 Å². The Morgan fingerprint density at radius 2 is 1.85 bits per heavy atom. The average Bonchev–Trinajstić information content (AvgIpc) is 3.37. The van der Waals surface area contributed by atoms with Crippen LogP contribution in [-0.4, -0.2) is 48.4 Å². The Labute approximate surface area is 154 Å². The van der Waals surface area contributed by atoms with Gasteiger partial charge in [-0.15, -0.1) is 0 Å². The third kappa shape index (κ3) is 3.65. The van der Waals surface area contributed by atoms with E-state index in [4.69, 9.17) is 4.42 Å². The summed E-state index contributed by atoms with van der Waals surface area (Å²) in [6.07, 6.45) is 6.36. The largest absolute Gasteiger partial charge is 0.466 e. The molecular formula is C20H29N3O3. The normalized spacial score (nSPS) is 28.6. The van der Waals surface area contributed by atoms with Gasteiger partial charge in [-0.2, -0.15) is 0 Å². The lowest BCUT2D eigenvalue weighted by Gasteiger charge is -2.47. The van der Waals surface area contributed by atoms with Gasteiger partial charge in [-0.25, -0.2) is 0 Å². The number of carbonyl (C=O) groups is 2. The van der Waals surface area contributed by atoms with Gasteiger partial charge in [0, 0.05) is 25.2 Å². The molecule has 26 heavy (non-hydrogen) atoms. The summed E-state index contributed by atoms with van der Waals surface area (Å²) in [6, 6.07) is 2.78. The van der Waals surface area contributed by atoms with Gasteiger partial charge in [0.2, 0.25) is 5.91 Å². The number of hydrogen-bond acceptors (Lipinski definition) is 4. The molecule has 1 saturated heterocycles. The fraction of sp³-hybridized carbons (Fsp3) is 0.700. The minimum atomic E-state index is -0.252. The van der Waals surface area contributed by atoms with E-state index in [1.807, 2.05) is 6.92 Å². The molecule has 2 amide bonds. The van der Waals surface area contributed by atoms with Crippen LogP contribution in [-0.2, 0) is 4.79 Å². The molecule has 2 saturated carbocycles. The molecule has 3 fully saturated rings. The molecule has 1 aliphatic heterocycles. The Morgan fingerprint density at radius 3 is 2.42 bits per heavy atom. The highest BCUT2D eigenvalue weighted by atomic mass is 16.3. The summed E-state index contributed by atoms with van der Waals surface area (Å²) in [4.78, 5) is 27.3. The van der Waals surface area contributed by atoms with Crippen LogP contribution in [0.3, 0.4) is 0 Å². The summed E-state index contributed by atoms with van der Waals surface area (Å²) < 4.78 is 5.38. The van der Waals surface area contributed by atoms with E-state index >= 15 is 0 Å². The monoisotopic (exact) mass is 359 g/mol. The fourth-order valence-corrected chi connectivity index (χ4v) is 4.80. The number of nitrogens with one attached hydrogen (secondary N) is 2. The molecule has 0 radical (unpaired) electrons. The third-order valence-corrected chi connectivity index (χ3v) is 6.19. The van der Waals surface area contributed by atoms with Gasteiger partial charge in [0.05, 0.1) is 12.1 Å². The lowest BCUT2D eigenvalue weighted by molar-refractivity contribution is -0.122. The van der Waals surface area contributed by atoms with Crippen LogP contribution in [0.5, 0.6) is 0 Å². The van der Waals surface area contributed by atoms with Crippen molar-refractivity contribution in [1.29, 1.82) is 0 Å². The number of amides is 2. The van der Waals surface area contributed by atoms with Crippen LogP contribution in [0.2, 0.25) is 0 Å². The molecule has 4 rings (SSSR count). The Hall–Kier alpha value is -1.82. The van der Waals surface area contributed by atoms with Crippen molar-refractivity contribution in [2.75, 3.05) is 19.6 Å². The van der Waals surface area contributed by atoms with Gasteiger partial charge in [0.25, 0.3) is 5.91 Å². The molecule has 6 heteroatoms. The summed E-state index contributed by atoms with van der Waals surface area (Å²) in [6.45, 7) is 5.82. The summed E-state index contributed by atoms with van der Waals surface area (Å²) in [5, 5.41) is 5.95. The zero-order valence-electron chi connectivity index (χ0n) is 15.7. The van der Waals surface area contributed by atoms with Crippen molar-refractivity contribution in [3.63, 3.8) is 0 Å². The first kappa shape index (κ1) is 17.6. The van der Waals surface area contributed by atoms with Gasteiger partial charge < -0.3 is 15.1 Å². The van der Waals surface area contributed by atoms with Gasteiger partial charge in [-0.05, 0) is 57.4 Å². The second kappa shape index (κ2) is 7.06. The highest BCUT2D eigenvalue weighted by Gasteiger charge is 2.43. The second-order valence-electron chi connectivity index (χ2n) is 8.24. The molecule has 0 aromatic carbocycles. The first-order valence-electron chi connectivity index (χ1n) is 9.90. The molecule has 2 heterocycles. The van der Waals surface area contributed by atoms with E-state index in [2.05, 4.69) is 15.5 Å². The number of piperidine rings is 1. The molecule has 2 N–H and O–H groups in total. The molecule has 0 unspecified atom stereocenters. The molecule has 2 aliphatic carbocycles. The summed E-state index contributed by atoms with van der Waals surface area (Å²) >= 11 is 0. The van der Waals surface area contributed by atoms with Gasteiger partial charge in [-0.1, -0.05) is 6.42 Å². The molecule has 1 aromatic rings. The van der Waals surface area contributed by atoms with E-state index < -0.39 is 0 Å². The number of hydrogen-bond donors (Lipinski definition) is 2. The smallest absolute Gasteiger partial charge is 0.255 e. The zero-order chi connectivity index (χ0) is 18.3. The predicted octanol–water partition coefficient (Wildman–Crippen LogP) is 2.01.